The molecule has 0 bridgehead atoms. The van der Waals surface area contributed by atoms with Crippen molar-refractivity contribution < 1.29 is 18.0 Å². The van der Waals surface area contributed by atoms with Crippen molar-refractivity contribution in [3.63, 3.8) is 0 Å². The van der Waals surface area contributed by atoms with Gasteiger partial charge in [-0.2, -0.15) is 0 Å². The molecule has 4 aromatic rings. The van der Waals surface area contributed by atoms with Crippen molar-refractivity contribution in [3.8, 4) is 0 Å². The number of sulfonamides is 1. The van der Waals surface area contributed by atoms with Crippen LogP contribution in [-0.2, 0) is 32.6 Å². The second-order valence-corrected chi connectivity index (χ2v) is 12.5. The summed E-state index contributed by atoms with van der Waals surface area (Å²) in [7, 11) is -4.13. The molecule has 4 aromatic carbocycles. The number of amides is 2. The molecule has 7 nitrogen and oxygen atoms in total. The van der Waals surface area contributed by atoms with Gasteiger partial charge in [0.1, 0.15) is 12.6 Å². The third kappa shape index (κ3) is 7.70. The molecule has 0 saturated carbocycles. The standard InChI is InChI=1S/C35H39N3O4S/c1-5-36-35(40)33(23-29-15-8-6-9-16-29)37(24-30-17-13-12-14-27(30)3)34(39)25-38(32-22-26(2)20-21-28(32)4)43(41,42)31-18-10-7-11-19-31/h6-22,33H,5,23-25H2,1-4H3,(H,36,40). The molecule has 0 fully saturated rings. The smallest absolute Gasteiger partial charge is 0.264 e. The Kier molecular flexibility index (Phi) is 10.4. The monoisotopic (exact) mass is 597 g/mol. The van der Waals surface area contributed by atoms with Crippen LogP contribution in [0.25, 0.3) is 0 Å². The number of likely N-dealkylation sites (N-methyl/N-ethyl adjacent to an activating group) is 1. The van der Waals surface area contributed by atoms with Gasteiger partial charge in [0.05, 0.1) is 10.6 Å². The zero-order valence-electron chi connectivity index (χ0n) is 25.2. The molecule has 0 heterocycles. The number of aryl methyl sites for hydroxylation is 3. The summed E-state index contributed by atoms with van der Waals surface area (Å²) in [6.07, 6.45) is 0.277. The zero-order chi connectivity index (χ0) is 31.0. The number of hydrogen-bond donors (Lipinski definition) is 1. The summed E-state index contributed by atoms with van der Waals surface area (Å²) in [5.41, 5.74) is 4.74. The lowest BCUT2D eigenvalue weighted by molar-refractivity contribution is -0.140. The van der Waals surface area contributed by atoms with Crippen LogP contribution in [0.3, 0.4) is 0 Å². The summed E-state index contributed by atoms with van der Waals surface area (Å²) < 4.78 is 29.5. The van der Waals surface area contributed by atoms with Gasteiger partial charge >= 0.3 is 0 Å². The lowest BCUT2D eigenvalue weighted by Gasteiger charge is -2.34. The van der Waals surface area contributed by atoms with Crippen LogP contribution >= 0.6 is 0 Å². The van der Waals surface area contributed by atoms with Crippen LogP contribution in [0.4, 0.5) is 5.69 Å². The number of carbonyl (C=O) groups is 2. The van der Waals surface area contributed by atoms with Crippen molar-refractivity contribution in [1.82, 2.24) is 10.2 Å². The van der Waals surface area contributed by atoms with Gasteiger partial charge in [0, 0.05) is 19.5 Å². The molecular formula is C35H39N3O4S. The highest BCUT2D eigenvalue weighted by atomic mass is 32.2. The fourth-order valence-electron chi connectivity index (χ4n) is 5.04. The molecule has 0 spiro atoms. The van der Waals surface area contributed by atoms with Gasteiger partial charge in [-0.25, -0.2) is 8.42 Å². The van der Waals surface area contributed by atoms with Crippen LogP contribution < -0.4 is 9.62 Å². The van der Waals surface area contributed by atoms with Gasteiger partial charge in [0.25, 0.3) is 10.0 Å². The largest absolute Gasteiger partial charge is 0.355 e. The van der Waals surface area contributed by atoms with Crippen LogP contribution in [0.5, 0.6) is 0 Å². The quantitative estimate of drug-likeness (QED) is 0.231. The first kappa shape index (κ1) is 31.5. The lowest BCUT2D eigenvalue weighted by atomic mass is 10.0. The molecule has 2 amide bonds. The normalized spacial score (nSPS) is 11.9. The van der Waals surface area contributed by atoms with E-state index < -0.39 is 28.5 Å². The average Bonchev–Trinajstić information content (AvgIpc) is 3.00. The summed E-state index contributed by atoms with van der Waals surface area (Å²) in [5, 5.41) is 2.89. The van der Waals surface area contributed by atoms with E-state index in [1.54, 1.807) is 24.3 Å². The number of nitrogens with one attached hydrogen (secondary N) is 1. The molecule has 0 radical (unpaired) electrons. The van der Waals surface area contributed by atoms with Crippen molar-refractivity contribution in [2.45, 2.75) is 51.6 Å². The molecule has 4 rings (SSSR count). The van der Waals surface area contributed by atoms with Crippen LogP contribution in [0, 0.1) is 20.8 Å². The Morgan fingerprint density at radius 2 is 1.42 bits per heavy atom. The van der Waals surface area contributed by atoms with E-state index in [-0.39, 0.29) is 23.8 Å². The molecule has 43 heavy (non-hydrogen) atoms. The Morgan fingerprint density at radius 1 is 0.791 bits per heavy atom. The minimum Gasteiger partial charge on any atom is -0.355 e. The van der Waals surface area contributed by atoms with Crippen molar-refractivity contribution in [3.05, 3.63) is 131 Å². The van der Waals surface area contributed by atoms with E-state index >= 15 is 0 Å². The predicted octanol–water partition coefficient (Wildman–Crippen LogP) is 5.58. The topological polar surface area (TPSA) is 86.8 Å². The van der Waals surface area contributed by atoms with E-state index in [1.165, 1.54) is 21.3 Å². The Bertz CT molecular complexity index is 1660. The first-order chi connectivity index (χ1) is 20.6. The number of carbonyl (C=O) groups excluding carboxylic acids is 2. The summed E-state index contributed by atoms with van der Waals surface area (Å²) in [4.78, 5) is 29.7. The molecule has 0 aromatic heterocycles. The van der Waals surface area contributed by atoms with Gasteiger partial charge in [0.2, 0.25) is 11.8 Å². The van der Waals surface area contributed by atoms with Gasteiger partial charge in [-0.05, 0) is 73.7 Å². The van der Waals surface area contributed by atoms with E-state index in [2.05, 4.69) is 5.32 Å². The summed E-state index contributed by atoms with van der Waals surface area (Å²) >= 11 is 0. The van der Waals surface area contributed by atoms with Gasteiger partial charge in [-0.15, -0.1) is 0 Å². The molecule has 8 heteroatoms. The van der Waals surface area contributed by atoms with Gasteiger partial charge in [0.15, 0.2) is 0 Å². The molecule has 0 saturated heterocycles. The minimum absolute atomic E-state index is 0.0821. The average molecular weight is 598 g/mol. The number of hydrogen-bond acceptors (Lipinski definition) is 4. The third-order valence-electron chi connectivity index (χ3n) is 7.47. The molecule has 1 atom stereocenters. The molecular weight excluding hydrogens is 558 g/mol. The summed E-state index contributed by atoms with van der Waals surface area (Å²) in [6.45, 7) is 7.56. The number of anilines is 1. The van der Waals surface area contributed by atoms with Crippen molar-refractivity contribution in [1.29, 1.82) is 0 Å². The van der Waals surface area contributed by atoms with E-state index in [0.717, 1.165) is 22.3 Å². The second kappa shape index (κ2) is 14.2. The van der Waals surface area contributed by atoms with Crippen LogP contribution in [0.2, 0.25) is 0 Å². The highest BCUT2D eigenvalue weighted by molar-refractivity contribution is 7.92. The fourth-order valence-corrected chi connectivity index (χ4v) is 6.53. The molecule has 224 valence electrons. The van der Waals surface area contributed by atoms with E-state index in [9.17, 15) is 18.0 Å². The number of nitrogens with zero attached hydrogens (tertiary/aromatic N) is 2. The molecule has 1 unspecified atom stereocenters. The first-order valence-electron chi connectivity index (χ1n) is 14.4. The summed E-state index contributed by atoms with van der Waals surface area (Å²) in [5.74, 6) is -0.770. The maximum atomic E-state index is 14.5. The lowest BCUT2D eigenvalue weighted by Crippen LogP contribution is -2.53. The van der Waals surface area contributed by atoms with Crippen molar-refractivity contribution >= 4 is 27.5 Å². The Morgan fingerprint density at radius 3 is 2.07 bits per heavy atom. The van der Waals surface area contributed by atoms with Crippen LogP contribution in [0.15, 0.2) is 108 Å². The van der Waals surface area contributed by atoms with E-state index in [0.29, 0.717) is 17.8 Å². The Labute approximate surface area is 255 Å². The van der Waals surface area contributed by atoms with Crippen molar-refractivity contribution in [2.75, 3.05) is 17.4 Å². The maximum Gasteiger partial charge on any atom is 0.264 e. The van der Waals surface area contributed by atoms with Gasteiger partial charge in [-0.3, -0.25) is 13.9 Å². The van der Waals surface area contributed by atoms with Gasteiger partial charge in [-0.1, -0.05) is 84.9 Å². The van der Waals surface area contributed by atoms with Crippen LogP contribution in [-0.4, -0.2) is 44.3 Å². The van der Waals surface area contributed by atoms with Crippen molar-refractivity contribution in [2.24, 2.45) is 0 Å². The zero-order valence-corrected chi connectivity index (χ0v) is 26.0. The molecule has 0 aliphatic carbocycles. The second-order valence-electron chi connectivity index (χ2n) is 10.7. The SMILES string of the molecule is CCNC(=O)C(Cc1ccccc1)N(Cc1ccccc1C)C(=O)CN(c1cc(C)ccc1C)S(=O)(=O)c1ccccc1. The maximum absolute atomic E-state index is 14.5. The number of rotatable bonds is 12. The fraction of sp³-hybridized carbons (Fsp3) is 0.257. The van der Waals surface area contributed by atoms with Gasteiger partial charge < -0.3 is 10.2 Å². The number of benzene rings is 4. The molecule has 0 aliphatic heterocycles. The molecule has 1 N–H and O–H groups in total. The van der Waals surface area contributed by atoms with Crippen LogP contribution in [0.1, 0.15) is 34.7 Å². The highest BCUT2D eigenvalue weighted by Crippen LogP contribution is 2.29. The van der Waals surface area contributed by atoms with E-state index in [4.69, 9.17) is 0 Å². The van der Waals surface area contributed by atoms with E-state index in [1.807, 2.05) is 94.4 Å². The minimum atomic E-state index is -4.13. The predicted molar refractivity (Wildman–Crippen MR) is 171 cm³/mol. The third-order valence-corrected chi connectivity index (χ3v) is 9.24. The molecule has 0 aliphatic rings. The highest BCUT2D eigenvalue weighted by Gasteiger charge is 2.35. The Balaban J connectivity index is 1.83. The Hall–Kier alpha value is -4.43. The summed E-state index contributed by atoms with van der Waals surface area (Å²) in [6, 6.07) is 30.0. The first-order valence-corrected chi connectivity index (χ1v) is 15.9.